The predicted octanol–water partition coefficient (Wildman–Crippen LogP) is 0.650. The number of aliphatic hydroxyl groups excluding tert-OH is 1. The van der Waals surface area contributed by atoms with E-state index < -0.39 is 9.84 Å². The SMILES string of the molecule is CS(=O)(=O)c1ccc(CN(CCO)C(=O)CCl)cc1. The highest BCUT2D eigenvalue weighted by atomic mass is 35.5. The number of carbonyl (C=O) groups excluding carboxylic acids is 1. The van der Waals surface area contributed by atoms with E-state index >= 15 is 0 Å². The molecule has 0 spiro atoms. The highest BCUT2D eigenvalue weighted by Gasteiger charge is 2.13. The molecule has 0 aromatic heterocycles. The molecule has 0 unspecified atom stereocenters. The van der Waals surface area contributed by atoms with Gasteiger partial charge < -0.3 is 10.0 Å². The highest BCUT2D eigenvalue weighted by molar-refractivity contribution is 7.90. The molecule has 0 heterocycles. The zero-order valence-electron chi connectivity index (χ0n) is 10.5. The molecule has 0 saturated heterocycles. The van der Waals surface area contributed by atoms with Gasteiger partial charge in [-0.2, -0.15) is 0 Å². The molecular weight excluding hydrogens is 290 g/mol. The first-order valence-electron chi connectivity index (χ1n) is 5.62. The summed E-state index contributed by atoms with van der Waals surface area (Å²) in [6.07, 6.45) is 1.14. The van der Waals surface area contributed by atoms with Gasteiger partial charge in [0.15, 0.2) is 9.84 Å². The van der Waals surface area contributed by atoms with Crippen molar-refractivity contribution in [1.82, 2.24) is 4.90 Å². The molecule has 1 amide bonds. The van der Waals surface area contributed by atoms with Crippen LogP contribution in [0.3, 0.4) is 0 Å². The molecule has 0 bridgehead atoms. The summed E-state index contributed by atoms with van der Waals surface area (Å²) < 4.78 is 22.6. The normalized spacial score (nSPS) is 11.3. The van der Waals surface area contributed by atoms with E-state index in [0.717, 1.165) is 11.8 Å². The summed E-state index contributed by atoms with van der Waals surface area (Å²) >= 11 is 5.48. The molecule has 1 rings (SSSR count). The summed E-state index contributed by atoms with van der Waals surface area (Å²) in [7, 11) is -3.22. The third kappa shape index (κ3) is 4.81. The van der Waals surface area contributed by atoms with Crippen LogP contribution in [-0.2, 0) is 21.2 Å². The number of hydrogen-bond acceptors (Lipinski definition) is 4. The van der Waals surface area contributed by atoms with Crippen molar-refractivity contribution < 1.29 is 18.3 Å². The van der Waals surface area contributed by atoms with Crippen LogP contribution in [0.15, 0.2) is 29.2 Å². The average molecular weight is 306 g/mol. The Morgan fingerprint density at radius 1 is 1.32 bits per heavy atom. The van der Waals surface area contributed by atoms with Crippen LogP contribution in [0.25, 0.3) is 0 Å². The zero-order chi connectivity index (χ0) is 14.5. The Balaban J connectivity index is 2.83. The topological polar surface area (TPSA) is 74.7 Å². The molecule has 106 valence electrons. The van der Waals surface area contributed by atoms with E-state index in [-0.39, 0.29) is 36.4 Å². The van der Waals surface area contributed by atoms with Crippen molar-refractivity contribution >= 4 is 27.3 Å². The molecule has 0 radical (unpaired) electrons. The molecule has 0 aliphatic rings. The minimum atomic E-state index is -3.22. The Kier molecular flexibility index (Phi) is 5.78. The van der Waals surface area contributed by atoms with Crippen molar-refractivity contribution in [2.75, 3.05) is 25.3 Å². The first-order chi connectivity index (χ1) is 8.88. The molecule has 19 heavy (non-hydrogen) atoms. The summed E-state index contributed by atoms with van der Waals surface area (Å²) in [5.41, 5.74) is 0.777. The molecule has 0 atom stereocenters. The molecule has 0 aliphatic heterocycles. The van der Waals surface area contributed by atoms with E-state index in [2.05, 4.69) is 0 Å². The van der Waals surface area contributed by atoms with Crippen LogP contribution in [0.5, 0.6) is 0 Å². The lowest BCUT2D eigenvalue weighted by Gasteiger charge is -2.20. The quantitative estimate of drug-likeness (QED) is 0.783. The molecule has 0 saturated carbocycles. The number of sulfone groups is 1. The van der Waals surface area contributed by atoms with Crippen molar-refractivity contribution in [3.63, 3.8) is 0 Å². The van der Waals surface area contributed by atoms with E-state index in [1.54, 1.807) is 12.1 Å². The van der Waals surface area contributed by atoms with Crippen LogP contribution in [0.4, 0.5) is 0 Å². The number of alkyl halides is 1. The van der Waals surface area contributed by atoms with Gasteiger partial charge >= 0.3 is 0 Å². The van der Waals surface area contributed by atoms with Gasteiger partial charge in [-0.05, 0) is 17.7 Å². The molecule has 5 nitrogen and oxygen atoms in total. The van der Waals surface area contributed by atoms with Crippen LogP contribution in [0.1, 0.15) is 5.56 Å². The lowest BCUT2D eigenvalue weighted by atomic mass is 10.2. The van der Waals surface area contributed by atoms with Gasteiger partial charge in [0.2, 0.25) is 5.91 Å². The third-order valence-electron chi connectivity index (χ3n) is 2.56. The van der Waals surface area contributed by atoms with Gasteiger partial charge in [0, 0.05) is 19.3 Å². The highest BCUT2D eigenvalue weighted by Crippen LogP contribution is 2.12. The van der Waals surface area contributed by atoms with E-state index in [0.29, 0.717) is 0 Å². The Labute approximate surface area is 117 Å². The van der Waals surface area contributed by atoms with Gasteiger partial charge in [-0.15, -0.1) is 11.6 Å². The molecule has 1 aromatic carbocycles. The van der Waals surface area contributed by atoms with Gasteiger partial charge in [0.1, 0.15) is 5.88 Å². The maximum absolute atomic E-state index is 11.5. The van der Waals surface area contributed by atoms with Crippen molar-refractivity contribution in [2.45, 2.75) is 11.4 Å². The number of benzene rings is 1. The van der Waals surface area contributed by atoms with Gasteiger partial charge in [-0.3, -0.25) is 4.79 Å². The number of nitrogens with zero attached hydrogens (tertiary/aromatic N) is 1. The first kappa shape index (κ1) is 15.9. The largest absolute Gasteiger partial charge is 0.395 e. The van der Waals surface area contributed by atoms with Crippen LogP contribution in [0.2, 0.25) is 0 Å². The number of hydrogen-bond donors (Lipinski definition) is 1. The maximum atomic E-state index is 11.5. The minimum Gasteiger partial charge on any atom is -0.395 e. The van der Waals surface area contributed by atoms with Crippen molar-refractivity contribution in [2.24, 2.45) is 0 Å². The molecule has 1 N–H and O–H groups in total. The number of halogens is 1. The Hall–Kier alpha value is -1.11. The van der Waals surface area contributed by atoms with Crippen molar-refractivity contribution in [3.8, 4) is 0 Å². The number of carbonyl (C=O) groups is 1. The van der Waals surface area contributed by atoms with Crippen LogP contribution < -0.4 is 0 Å². The monoisotopic (exact) mass is 305 g/mol. The molecular formula is C12H16ClNO4S. The number of amides is 1. The fraction of sp³-hybridized carbons (Fsp3) is 0.417. The lowest BCUT2D eigenvalue weighted by Crippen LogP contribution is -2.33. The second-order valence-electron chi connectivity index (χ2n) is 4.09. The van der Waals surface area contributed by atoms with Crippen LogP contribution >= 0.6 is 11.6 Å². The Bertz CT molecular complexity index is 527. The molecule has 0 aliphatic carbocycles. The summed E-state index contributed by atoms with van der Waals surface area (Å²) in [5.74, 6) is -0.426. The lowest BCUT2D eigenvalue weighted by molar-refractivity contribution is -0.129. The van der Waals surface area contributed by atoms with Gasteiger partial charge in [-0.1, -0.05) is 12.1 Å². The number of rotatable bonds is 6. The third-order valence-corrected chi connectivity index (χ3v) is 3.92. The molecule has 1 aromatic rings. The number of aliphatic hydroxyl groups is 1. The fourth-order valence-electron chi connectivity index (χ4n) is 1.56. The Morgan fingerprint density at radius 3 is 2.32 bits per heavy atom. The van der Waals surface area contributed by atoms with Crippen LogP contribution in [-0.4, -0.2) is 49.6 Å². The second-order valence-corrected chi connectivity index (χ2v) is 6.37. The average Bonchev–Trinajstić information content (AvgIpc) is 2.37. The van der Waals surface area contributed by atoms with E-state index in [9.17, 15) is 13.2 Å². The standard InChI is InChI=1S/C12H16ClNO4S/c1-19(17,18)11-4-2-10(3-5-11)9-14(6-7-15)12(16)8-13/h2-5,15H,6-9H2,1H3. The van der Waals surface area contributed by atoms with Crippen molar-refractivity contribution in [3.05, 3.63) is 29.8 Å². The minimum absolute atomic E-state index is 0.149. The fourth-order valence-corrected chi connectivity index (χ4v) is 2.36. The van der Waals surface area contributed by atoms with E-state index in [1.165, 1.54) is 17.0 Å². The first-order valence-corrected chi connectivity index (χ1v) is 8.04. The van der Waals surface area contributed by atoms with Gasteiger partial charge in [0.25, 0.3) is 0 Å². The smallest absolute Gasteiger partial charge is 0.237 e. The zero-order valence-corrected chi connectivity index (χ0v) is 12.1. The Morgan fingerprint density at radius 2 is 1.89 bits per heavy atom. The second kappa shape index (κ2) is 6.88. The molecule has 7 heteroatoms. The summed E-state index contributed by atoms with van der Waals surface area (Å²) in [6.45, 7) is 0.333. The van der Waals surface area contributed by atoms with Gasteiger partial charge in [-0.25, -0.2) is 8.42 Å². The van der Waals surface area contributed by atoms with Crippen LogP contribution in [0, 0.1) is 0 Å². The summed E-state index contributed by atoms with van der Waals surface area (Å²) in [4.78, 5) is 13.2. The predicted molar refractivity (Wildman–Crippen MR) is 72.8 cm³/mol. The van der Waals surface area contributed by atoms with Crippen molar-refractivity contribution in [1.29, 1.82) is 0 Å². The molecule has 0 fully saturated rings. The summed E-state index contributed by atoms with van der Waals surface area (Å²) in [5, 5.41) is 8.89. The summed E-state index contributed by atoms with van der Waals surface area (Å²) in [6, 6.07) is 6.27. The maximum Gasteiger partial charge on any atom is 0.237 e. The van der Waals surface area contributed by atoms with E-state index in [4.69, 9.17) is 16.7 Å². The van der Waals surface area contributed by atoms with E-state index in [1.807, 2.05) is 0 Å². The van der Waals surface area contributed by atoms with Gasteiger partial charge in [0.05, 0.1) is 11.5 Å².